The summed E-state index contributed by atoms with van der Waals surface area (Å²) in [7, 11) is 2.00. The topological polar surface area (TPSA) is 47.7 Å². The molecule has 0 aromatic carbocycles. The Labute approximate surface area is 121 Å². The lowest BCUT2D eigenvalue weighted by Crippen LogP contribution is -2.24. The smallest absolute Gasteiger partial charge is 0.0597 e. The minimum Gasteiger partial charge on any atom is -0.309 e. The molecular formula is C15H25N5. The van der Waals surface area contributed by atoms with Gasteiger partial charge in [-0.25, -0.2) is 0 Å². The van der Waals surface area contributed by atoms with Crippen LogP contribution in [0.2, 0.25) is 0 Å². The average Bonchev–Trinajstić information content (AvgIpc) is 3.00. The van der Waals surface area contributed by atoms with E-state index in [-0.39, 0.29) is 0 Å². The highest BCUT2D eigenvalue weighted by atomic mass is 15.3. The number of hydrogen-bond acceptors (Lipinski definition) is 3. The van der Waals surface area contributed by atoms with Crippen LogP contribution < -0.4 is 5.32 Å². The van der Waals surface area contributed by atoms with E-state index >= 15 is 0 Å². The maximum Gasteiger partial charge on any atom is 0.0597 e. The van der Waals surface area contributed by atoms with Crippen molar-refractivity contribution < 1.29 is 0 Å². The highest BCUT2D eigenvalue weighted by molar-refractivity contribution is 5.14. The lowest BCUT2D eigenvalue weighted by molar-refractivity contribution is 0.461. The van der Waals surface area contributed by atoms with Crippen molar-refractivity contribution in [3.8, 4) is 0 Å². The molecule has 2 aromatic heterocycles. The Kier molecular flexibility index (Phi) is 4.95. The number of nitrogens with one attached hydrogen (secondary N) is 1. The molecule has 1 unspecified atom stereocenters. The summed E-state index contributed by atoms with van der Waals surface area (Å²) in [6.45, 7) is 8.22. The van der Waals surface area contributed by atoms with E-state index in [1.54, 1.807) is 0 Å². The van der Waals surface area contributed by atoms with Crippen LogP contribution in [0.4, 0.5) is 0 Å². The molecule has 0 radical (unpaired) electrons. The molecule has 2 rings (SSSR count). The molecule has 0 amide bonds. The summed E-state index contributed by atoms with van der Waals surface area (Å²) in [5.41, 5.74) is 3.64. The van der Waals surface area contributed by atoms with Gasteiger partial charge in [-0.3, -0.25) is 9.36 Å². The van der Waals surface area contributed by atoms with Crippen LogP contribution in [0.15, 0.2) is 18.3 Å². The molecule has 5 nitrogen and oxygen atoms in total. The molecule has 110 valence electrons. The van der Waals surface area contributed by atoms with E-state index < -0.39 is 0 Å². The van der Waals surface area contributed by atoms with Crippen LogP contribution in [0, 0.1) is 6.92 Å². The number of nitrogens with zero attached hydrogens (tertiary/aromatic N) is 4. The second-order valence-electron chi connectivity index (χ2n) is 5.12. The Balaban J connectivity index is 2.12. The zero-order valence-corrected chi connectivity index (χ0v) is 12.9. The molecule has 2 heterocycles. The molecule has 1 atom stereocenters. The molecule has 0 fully saturated rings. The molecule has 0 aliphatic rings. The van der Waals surface area contributed by atoms with Gasteiger partial charge in [-0.2, -0.15) is 10.2 Å². The Hall–Kier alpha value is -1.62. The molecular weight excluding hydrogens is 250 g/mol. The van der Waals surface area contributed by atoms with E-state index in [0.29, 0.717) is 6.04 Å². The molecule has 0 saturated heterocycles. The van der Waals surface area contributed by atoms with Crippen molar-refractivity contribution in [2.45, 2.75) is 46.2 Å². The second kappa shape index (κ2) is 6.70. The first-order chi connectivity index (χ1) is 9.65. The number of hydrogen-bond donors (Lipinski definition) is 1. The van der Waals surface area contributed by atoms with Gasteiger partial charge in [-0.05, 0) is 45.4 Å². The van der Waals surface area contributed by atoms with E-state index in [1.807, 2.05) is 17.9 Å². The molecule has 0 saturated carbocycles. The number of rotatable bonds is 7. The molecule has 1 N–H and O–H groups in total. The molecule has 0 spiro atoms. The van der Waals surface area contributed by atoms with E-state index in [4.69, 9.17) is 0 Å². The number of aryl methyl sites for hydroxylation is 4. The van der Waals surface area contributed by atoms with Crippen LogP contribution in [0.5, 0.6) is 0 Å². The van der Waals surface area contributed by atoms with E-state index in [1.165, 1.54) is 11.4 Å². The Bertz CT molecular complexity index is 540. The minimum absolute atomic E-state index is 0.344. The summed E-state index contributed by atoms with van der Waals surface area (Å²) in [5.74, 6) is 0. The summed E-state index contributed by atoms with van der Waals surface area (Å²) in [6, 6.07) is 4.63. The zero-order chi connectivity index (χ0) is 14.5. The largest absolute Gasteiger partial charge is 0.309 e. The van der Waals surface area contributed by atoms with Gasteiger partial charge >= 0.3 is 0 Å². The number of aromatic nitrogens is 4. The van der Waals surface area contributed by atoms with Gasteiger partial charge in [-0.15, -0.1) is 0 Å². The first-order valence-corrected chi connectivity index (χ1v) is 7.40. The summed E-state index contributed by atoms with van der Waals surface area (Å²) < 4.78 is 4.05. The standard InChI is InChI=1S/C15H25N5/c1-5-16-14(8-7-13-9-10-17-19(13)4)15-11-12(3)18-20(15)6-2/h9-11,14,16H,5-8H2,1-4H3. The lowest BCUT2D eigenvalue weighted by atomic mass is 10.1. The summed E-state index contributed by atoms with van der Waals surface area (Å²) >= 11 is 0. The third-order valence-corrected chi connectivity index (χ3v) is 3.65. The van der Waals surface area contributed by atoms with Gasteiger partial charge in [0.05, 0.1) is 11.4 Å². The lowest BCUT2D eigenvalue weighted by Gasteiger charge is -2.19. The summed E-state index contributed by atoms with van der Waals surface area (Å²) in [6.07, 6.45) is 3.93. The Morgan fingerprint density at radius 3 is 2.75 bits per heavy atom. The van der Waals surface area contributed by atoms with Gasteiger partial charge in [0, 0.05) is 31.5 Å². The fraction of sp³-hybridized carbons (Fsp3) is 0.600. The van der Waals surface area contributed by atoms with Crippen molar-refractivity contribution in [1.29, 1.82) is 0 Å². The van der Waals surface area contributed by atoms with Gasteiger partial charge in [0.25, 0.3) is 0 Å². The monoisotopic (exact) mass is 275 g/mol. The van der Waals surface area contributed by atoms with E-state index in [9.17, 15) is 0 Å². The predicted octanol–water partition coefficient (Wildman–Crippen LogP) is 2.23. The van der Waals surface area contributed by atoms with Gasteiger partial charge in [0.2, 0.25) is 0 Å². The van der Waals surface area contributed by atoms with E-state index in [0.717, 1.165) is 31.6 Å². The normalized spacial score (nSPS) is 12.8. The zero-order valence-electron chi connectivity index (χ0n) is 12.9. The third kappa shape index (κ3) is 3.28. The molecule has 0 aliphatic heterocycles. The Morgan fingerprint density at radius 1 is 1.35 bits per heavy atom. The van der Waals surface area contributed by atoms with Crippen molar-refractivity contribution in [2.75, 3.05) is 6.54 Å². The van der Waals surface area contributed by atoms with E-state index in [2.05, 4.69) is 53.1 Å². The summed E-state index contributed by atoms with van der Waals surface area (Å²) in [4.78, 5) is 0. The van der Waals surface area contributed by atoms with Crippen LogP contribution in [0.1, 0.15) is 43.4 Å². The van der Waals surface area contributed by atoms with Crippen molar-refractivity contribution in [3.05, 3.63) is 35.4 Å². The van der Waals surface area contributed by atoms with Crippen molar-refractivity contribution in [2.24, 2.45) is 7.05 Å². The second-order valence-corrected chi connectivity index (χ2v) is 5.12. The minimum atomic E-state index is 0.344. The van der Waals surface area contributed by atoms with Crippen molar-refractivity contribution in [1.82, 2.24) is 24.9 Å². The van der Waals surface area contributed by atoms with Crippen molar-refractivity contribution in [3.63, 3.8) is 0 Å². The van der Waals surface area contributed by atoms with Gasteiger partial charge in [0.1, 0.15) is 0 Å². The summed E-state index contributed by atoms with van der Waals surface area (Å²) in [5, 5.41) is 12.4. The maximum atomic E-state index is 4.55. The molecule has 20 heavy (non-hydrogen) atoms. The molecule has 0 aliphatic carbocycles. The maximum absolute atomic E-state index is 4.55. The van der Waals surface area contributed by atoms with Crippen LogP contribution in [-0.2, 0) is 20.0 Å². The van der Waals surface area contributed by atoms with Gasteiger partial charge < -0.3 is 5.32 Å². The fourth-order valence-corrected chi connectivity index (χ4v) is 2.64. The first kappa shape index (κ1) is 14.8. The highest BCUT2D eigenvalue weighted by Crippen LogP contribution is 2.20. The Morgan fingerprint density at radius 2 is 2.15 bits per heavy atom. The quantitative estimate of drug-likeness (QED) is 0.843. The predicted molar refractivity (Wildman–Crippen MR) is 80.6 cm³/mol. The van der Waals surface area contributed by atoms with Gasteiger partial charge in [-0.1, -0.05) is 6.92 Å². The molecule has 5 heteroatoms. The highest BCUT2D eigenvalue weighted by Gasteiger charge is 2.16. The van der Waals surface area contributed by atoms with Crippen LogP contribution in [-0.4, -0.2) is 26.1 Å². The van der Waals surface area contributed by atoms with Crippen molar-refractivity contribution >= 4 is 0 Å². The van der Waals surface area contributed by atoms with Crippen LogP contribution >= 0.6 is 0 Å². The average molecular weight is 275 g/mol. The van der Waals surface area contributed by atoms with Crippen LogP contribution in [0.3, 0.4) is 0 Å². The van der Waals surface area contributed by atoms with Crippen LogP contribution in [0.25, 0.3) is 0 Å². The molecule has 2 aromatic rings. The fourth-order valence-electron chi connectivity index (χ4n) is 2.64. The first-order valence-electron chi connectivity index (χ1n) is 7.40. The molecule has 0 bridgehead atoms. The SMILES string of the molecule is CCNC(CCc1ccnn1C)c1cc(C)nn1CC. The third-order valence-electron chi connectivity index (χ3n) is 3.65. The van der Waals surface area contributed by atoms with Gasteiger partial charge in [0.15, 0.2) is 0 Å².